The number of sulfonamides is 1. The van der Waals surface area contributed by atoms with Gasteiger partial charge >= 0.3 is 0 Å². The molecule has 0 bridgehead atoms. The minimum atomic E-state index is -3.59. The van der Waals surface area contributed by atoms with Crippen molar-refractivity contribution in [3.8, 4) is 22.5 Å². The first-order valence-electron chi connectivity index (χ1n) is 11.1. The van der Waals surface area contributed by atoms with Crippen molar-refractivity contribution < 1.29 is 8.42 Å². The van der Waals surface area contributed by atoms with Gasteiger partial charge in [-0.25, -0.2) is 18.1 Å². The van der Waals surface area contributed by atoms with Crippen molar-refractivity contribution >= 4 is 10.0 Å². The predicted octanol–water partition coefficient (Wildman–Crippen LogP) is 3.77. The first kappa shape index (κ1) is 20.1. The second-order valence-electron chi connectivity index (χ2n) is 10.2. The van der Waals surface area contributed by atoms with Gasteiger partial charge in [0.15, 0.2) is 0 Å². The highest BCUT2D eigenvalue weighted by molar-refractivity contribution is 7.89. The van der Waals surface area contributed by atoms with E-state index in [1.807, 2.05) is 33.2 Å². The molecule has 3 fully saturated rings. The molecule has 0 unspecified atom stereocenters. The van der Waals surface area contributed by atoms with E-state index in [0.717, 1.165) is 34.5 Å². The molecule has 3 aromatic rings. The van der Waals surface area contributed by atoms with E-state index < -0.39 is 10.0 Å². The molecule has 2 heterocycles. The zero-order valence-electron chi connectivity index (χ0n) is 18.6. The van der Waals surface area contributed by atoms with Crippen LogP contribution in [-0.4, -0.2) is 34.2 Å². The van der Waals surface area contributed by atoms with Gasteiger partial charge in [-0.05, 0) is 74.5 Å². The third-order valence-electron chi connectivity index (χ3n) is 7.62. The van der Waals surface area contributed by atoms with Gasteiger partial charge < -0.3 is 0 Å². The molecule has 1 aromatic carbocycles. The maximum Gasteiger partial charge on any atom is 0.240 e. The molecule has 6 rings (SSSR count). The maximum absolute atomic E-state index is 13.2. The Labute approximate surface area is 188 Å². The van der Waals surface area contributed by atoms with Gasteiger partial charge in [0.25, 0.3) is 0 Å². The van der Waals surface area contributed by atoms with Crippen LogP contribution in [0.1, 0.15) is 43.4 Å². The summed E-state index contributed by atoms with van der Waals surface area (Å²) in [5, 5.41) is 4.38. The van der Waals surface area contributed by atoms with Crippen LogP contribution in [0.3, 0.4) is 0 Å². The van der Waals surface area contributed by atoms with Crippen LogP contribution in [0.15, 0.2) is 41.7 Å². The summed E-state index contributed by atoms with van der Waals surface area (Å²) in [4.78, 5) is 9.44. The third kappa shape index (κ3) is 3.19. The molecule has 7 nitrogen and oxygen atoms in total. The molecule has 0 amide bonds. The molecule has 0 aliphatic heterocycles. The monoisotopic (exact) mass is 449 g/mol. The Morgan fingerprint density at radius 3 is 2.47 bits per heavy atom. The molecule has 166 valence electrons. The van der Waals surface area contributed by atoms with Crippen LogP contribution in [0.4, 0.5) is 0 Å². The summed E-state index contributed by atoms with van der Waals surface area (Å²) in [6.07, 6.45) is 11.3. The molecule has 0 radical (unpaired) electrons. The largest absolute Gasteiger partial charge is 0.275 e. The molecular weight excluding hydrogens is 422 g/mol. The van der Waals surface area contributed by atoms with Crippen molar-refractivity contribution in [2.45, 2.75) is 56.9 Å². The summed E-state index contributed by atoms with van der Waals surface area (Å²) in [5.74, 6) is 0. The topological polar surface area (TPSA) is 89.8 Å². The molecule has 8 heteroatoms. The van der Waals surface area contributed by atoms with Gasteiger partial charge in [0, 0.05) is 30.4 Å². The normalized spacial score (nSPS) is 22.2. The Balaban J connectivity index is 1.29. The maximum atomic E-state index is 13.2. The summed E-state index contributed by atoms with van der Waals surface area (Å²) in [7, 11) is -1.71. The SMILES string of the molecule is Cc1ccc(S(=O)(=O)N[C@@H]2CC23CC2(CC2)C3)cc1-c1cncc(-c2cn(C)nc2C)n1. The third-order valence-corrected chi connectivity index (χ3v) is 9.09. The van der Waals surface area contributed by atoms with Crippen LogP contribution >= 0.6 is 0 Å². The highest BCUT2D eigenvalue weighted by atomic mass is 32.2. The number of benzene rings is 1. The Morgan fingerprint density at radius 2 is 1.81 bits per heavy atom. The van der Waals surface area contributed by atoms with Gasteiger partial charge in [-0.1, -0.05) is 6.07 Å². The van der Waals surface area contributed by atoms with E-state index in [0.29, 0.717) is 11.1 Å². The number of hydrogen-bond donors (Lipinski definition) is 1. The first-order valence-corrected chi connectivity index (χ1v) is 12.6. The van der Waals surface area contributed by atoms with E-state index in [-0.39, 0.29) is 16.4 Å². The lowest BCUT2D eigenvalue weighted by Gasteiger charge is -2.37. The average Bonchev–Trinajstić information content (AvgIpc) is 3.62. The Morgan fingerprint density at radius 1 is 1.09 bits per heavy atom. The van der Waals surface area contributed by atoms with Crippen molar-refractivity contribution in [2.24, 2.45) is 17.9 Å². The fourth-order valence-corrected chi connectivity index (χ4v) is 7.02. The molecule has 1 atom stereocenters. The molecule has 2 aromatic heterocycles. The lowest BCUT2D eigenvalue weighted by atomic mass is 9.68. The highest BCUT2D eigenvalue weighted by Gasteiger charge is 2.71. The van der Waals surface area contributed by atoms with Crippen molar-refractivity contribution in [3.05, 3.63) is 48.0 Å². The summed E-state index contributed by atoms with van der Waals surface area (Å²) in [5.41, 5.74) is 5.70. The molecular formula is C24H27N5O2S. The van der Waals surface area contributed by atoms with Gasteiger partial charge in [-0.3, -0.25) is 9.67 Å². The van der Waals surface area contributed by atoms with Crippen molar-refractivity contribution in [2.75, 3.05) is 0 Å². The fourth-order valence-electron chi connectivity index (χ4n) is 5.65. The number of nitrogens with one attached hydrogen (secondary N) is 1. The molecule has 0 saturated heterocycles. The van der Waals surface area contributed by atoms with E-state index in [9.17, 15) is 8.42 Å². The smallest absolute Gasteiger partial charge is 0.240 e. The van der Waals surface area contributed by atoms with Crippen molar-refractivity contribution in [1.29, 1.82) is 0 Å². The van der Waals surface area contributed by atoms with E-state index in [2.05, 4.69) is 14.8 Å². The van der Waals surface area contributed by atoms with E-state index in [1.54, 1.807) is 29.2 Å². The number of aryl methyl sites for hydroxylation is 3. The zero-order valence-corrected chi connectivity index (χ0v) is 19.4. The van der Waals surface area contributed by atoms with Gasteiger partial charge in [-0.15, -0.1) is 0 Å². The number of hydrogen-bond acceptors (Lipinski definition) is 5. The minimum absolute atomic E-state index is 0.0835. The second-order valence-corrected chi connectivity index (χ2v) is 11.9. The minimum Gasteiger partial charge on any atom is -0.275 e. The van der Waals surface area contributed by atoms with Crippen LogP contribution in [0.5, 0.6) is 0 Å². The number of aromatic nitrogens is 4. The van der Waals surface area contributed by atoms with Crippen LogP contribution in [0, 0.1) is 24.7 Å². The average molecular weight is 450 g/mol. The van der Waals surface area contributed by atoms with Crippen molar-refractivity contribution in [3.63, 3.8) is 0 Å². The highest BCUT2D eigenvalue weighted by Crippen LogP contribution is 2.77. The lowest BCUT2D eigenvalue weighted by Crippen LogP contribution is -2.37. The number of rotatable bonds is 5. The fraction of sp³-hybridized carbons (Fsp3) is 0.458. The second kappa shape index (κ2) is 6.48. The van der Waals surface area contributed by atoms with Gasteiger partial charge in [-0.2, -0.15) is 5.10 Å². The quantitative estimate of drug-likeness (QED) is 0.640. The van der Waals surface area contributed by atoms with E-state index in [1.165, 1.54) is 25.7 Å². The zero-order chi connectivity index (χ0) is 22.3. The standard InChI is InChI=1S/C24H27N5O2S/c1-15-4-5-17(32(30,31)28-22-9-24(22)13-23(14-24)6-7-23)8-18(15)20-10-25-11-21(26-20)19-12-29(3)27-16(19)2/h4-5,8,10-12,22,28H,6-7,9,13-14H2,1-3H3/t22-/m1/s1. The summed E-state index contributed by atoms with van der Waals surface area (Å²) < 4.78 is 31.0. The van der Waals surface area contributed by atoms with Crippen LogP contribution < -0.4 is 4.72 Å². The van der Waals surface area contributed by atoms with Gasteiger partial charge in [0.1, 0.15) is 0 Å². The Kier molecular flexibility index (Phi) is 4.06. The van der Waals surface area contributed by atoms with Gasteiger partial charge in [0.2, 0.25) is 10.0 Å². The summed E-state index contributed by atoms with van der Waals surface area (Å²) in [6.45, 7) is 3.90. The van der Waals surface area contributed by atoms with Crippen molar-refractivity contribution in [1.82, 2.24) is 24.5 Å². The van der Waals surface area contributed by atoms with E-state index >= 15 is 0 Å². The molecule has 3 aliphatic rings. The van der Waals surface area contributed by atoms with Crippen LogP contribution in [0.2, 0.25) is 0 Å². The first-order chi connectivity index (χ1) is 15.2. The molecule has 3 aliphatic carbocycles. The summed E-state index contributed by atoms with van der Waals surface area (Å²) in [6, 6.07) is 5.33. The summed E-state index contributed by atoms with van der Waals surface area (Å²) >= 11 is 0. The van der Waals surface area contributed by atoms with Crippen LogP contribution in [0.25, 0.3) is 22.5 Å². The van der Waals surface area contributed by atoms with Crippen LogP contribution in [-0.2, 0) is 17.1 Å². The molecule has 32 heavy (non-hydrogen) atoms. The Hall–Kier alpha value is -2.58. The number of nitrogens with zero attached hydrogens (tertiary/aromatic N) is 4. The Bertz CT molecular complexity index is 1350. The molecule has 2 spiro atoms. The molecule has 3 saturated carbocycles. The lowest BCUT2D eigenvalue weighted by molar-refractivity contribution is 0.136. The van der Waals surface area contributed by atoms with Gasteiger partial charge in [0.05, 0.1) is 34.4 Å². The predicted molar refractivity (Wildman–Crippen MR) is 121 cm³/mol. The molecule has 1 N–H and O–H groups in total. The van der Waals surface area contributed by atoms with E-state index in [4.69, 9.17) is 4.98 Å².